The Balaban J connectivity index is 1.54. The third-order valence-corrected chi connectivity index (χ3v) is 5.20. The van der Waals surface area contributed by atoms with E-state index in [1.807, 2.05) is 36.4 Å². The molecule has 1 atom stereocenters. The van der Waals surface area contributed by atoms with Crippen LogP contribution in [-0.4, -0.2) is 21.4 Å². The highest BCUT2D eigenvalue weighted by Gasteiger charge is 2.33. The van der Waals surface area contributed by atoms with Crippen molar-refractivity contribution in [1.29, 1.82) is 5.26 Å². The predicted octanol–water partition coefficient (Wildman–Crippen LogP) is 4.28. The summed E-state index contributed by atoms with van der Waals surface area (Å²) in [5.41, 5.74) is 4.65. The van der Waals surface area contributed by atoms with E-state index in [2.05, 4.69) is 20.9 Å². The molecule has 0 radical (unpaired) electrons. The fourth-order valence-corrected chi connectivity index (χ4v) is 3.87. The summed E-state index contributed by atoms with van der Waals surface area (Å²) in [6.45, 7) is 1.63. The first kappa shape index (κ1) is 16.6. The SMILES string of the molecule is N#Cc1ccccc1-c1ccc([C@@H]2c3nc[nH]c3CCN2Cc2ccoc2)o1. The molecule has 0 saturated carbocycles. The number of aromatic nitrogens is 2. The Morgan fingerprint density at radius 1 is 1.21 bits per heavy atom. The van der Waals surface area contributed by atoms with Gasteiger partial charge in [-0.3, -0.25) is 4.90 Å². The number of hydrogen-bond donors (Lipinski definition) is 1. The summed E-state index contributed by atoms with van der Waals surface area (Å²) < 4.78 is 11.5. The van der Waals surface area contributed by atoms with Gasteiger partial charge in [0.2, 0.25) is 0 Å². The minimum atomic E-state index is -0.0899. The number of nitriles is 1. The first-order valence-electron chi connectivity index (χ1n) is 9.20. The molecule has 1 N–H and O–H groups in total. The van der Waals surface area contributed by atoms with Gasteiger partial charge in [0.25, 0.3) is 0 Å². The van der Waals surface area contributed by atoms with Crippen LogP contribution in [0.1, 0.15) is 34.3 Å². The summed E-state index contributed by atoms with van der Waals surface area (Å²) in [5, 5.41) is 9.40. The Morgan fingerprint density at radius 3 is 3.00 bits per heavy atom. The largest absolute Gasteiger partial charge is 0.472 e. The molecule has 4 heterocycles. The fourth-order valence-electron chi connectivity index (χ4n) is 3.87. The summed E-state index contributed by atoms with van der Waals surface area (Å²) in [6.07, 6.45) is 6.12. The Kier molecular flexibility index (Phi) is 4.08. The average Bonchev–Trinajstić information content (AvgIpc) is 3.49. The average molecular weight is 370 g/mol. The molecule has 138 valence electrons. The second-order valence-electron chi connectivity index (χ2n) is 6.88. The van der Waals surface area contributed by atoms with Crippen LogP contribution in [0.15, 0.2) is 70.2 Å². The molecule has 1 aliphatic rings. The van der Waals surface area contributed by atoms with E-state index < -0.39 is 0 Å². The van der Waals surface area contributed by atoms with Crippen LogP contribution in [0.3, 0.4) is 0 Å². The van der Waals surface area contributed by atoms with Crippen molar-refractivity contribution in [3.63, 3.8) is 0 Å². The second kappa shape index (κ2) is 6.87. The van der Waals surface area contributed by atoms with Crippen molar-refractivity contribution in [2.75, 3.05) is 6.54 Å². The lowest BCUT2D eigenvalue weighted by Crippen LogP contribution is -2.35. The number of hydrogen-bond acceptors (Lipinski definition) is 5. The monoisotopic (exact) mass is 370 g/mol. The van der Waals surface area contributed by atoms with Crippen molar-refractivity contribution in [2.24, 2.45) is 0 Å². The number of aromatic amines is 1. The quantitative estimate of drug-likeness (QED) is 0.580. The van der Waals surface area contributed by atoms with Gasteiger partial charge in [-0.25, -0.2) is 4.98 Å². The van der Waals surface area contributed by atoms with Gasteiger partial charge in [-0.1, -0.05) is 12.1 Å². The van der Waals surface area contributed by atoms with E-state index in [9.17, 15) is 5.26 Å². The van der Waals surface area contributed by atoms with E-state index in [0.717, 1.165) is 47.8 Å². The topological polar surface area (TPSA) is 82.0 Å². The lowest BCUT2D eigenvalue weighted by atomic mass is 10.00. The molecule has 6 nitrogen and oxygen atoms in total. The van der Waals surface area contributed by atoms with Gasteiger partial charge in [-0.05, 0) is 30.3 Å². The first-order chi connectivity index (χ1) is 13.8. The van der Waals surface area contributed by atoms with E-state index in [1.165, 1.54) is 0 Å². The number of H-pyrrole nitrogens is 1. The fraction of sp³-hybridized carbons (Fsp3) is 0.182. The van der Waals surface area contributed by atoms with Gasteiger partial charge in [0.05, 0.1) is 36.2 Å². The van der Waals surface area contributed by atoms with Crippen molar-refractivity contribution < 1.29 is 8.83 Å². The van der Waals surface area contributed by atoms with Gasteiger partial charge >= 0.3 is 0 Å². The maximum atomic E-state index is 9.40. The van der Waals surface area contributed by atoms with E-state index in [1.54, 1.807) is 24.9 Å². The van der Waals surface area contributed by atoms with Crippen LogP contribution >= 0.6 is 0 Å². The minimum Gasteiger partial charge on any atom is -0.472 e. The van der Waals surface area contributed by atoms with Crippen LogP contribution in [-0.2, 0) is 13.0 Å². The molecule has 0 saturated heterocycles. The van der Waals surface area contributed by atoms with Gasteiger partial charge in [-0.2, -0.15) is 5.26 Å². The summed E-state index contributed by atoms with van der Waals surface area (Å²) in [5.74, 6) is 1.51. The first-order valence-corrected chi connectivity index (χ1v) is 9.20. The van der Waals surface area contributed by atoms with E-state index in [0.29, 0.717) is 11.3 Å². The maximum Gasteiger partial charge on any atom is 0.135 e. The minimum absolute atomic E-state index is 0.0899. The molecule has 6 heteroatoms. The normalized spacial score (nSPS) is 16.6. The molecule has 0 spiro atoms. The van der Waals surface area contributed by atoms with E-state index in [4.69, 9.17) is 8.83 Å². The van der Waals surface area contributed by atoms with Crippen molar-refractivity contribution in [3.05, 3.63) is 89.6 Å². The number of imidazole rings is 1. The van der Waals surface area contributed by atoms with Gasteiger partial charge in [-0.15, -0.1) is 0 Å². The zero-order valence-corrected chi connectivity index (χ0v) is 15.1. The Hall–Kier alpha value is -3.56. The van der Waals surface area contributed by atoms with Gasteiger partial charge in [0.15, 0.2) is 0 Å². The van der Waals surface area contributed by atoms with Crippen molar-refractivity contribution in [3.8, 4) is 17.4 Å². The van der Waals surface area contributed by atoms with Crippen molar-refractivity contribution >= 4 is 0 Å². The van der Waals surface area contributed by atoms with Gasteiger partial charge in [0, 0.05) is 36.3 Å². The molecule has 0 aliphatic carbocycles. The van der Waals surface area contributed by atoms with Crippen LogP contribution in [0.2, 0.25) is 0 Å². The van der Waals surface area contributed by atoms with Gasteiger partial charge in [0.1, 0.15) is 17.6 Å². The second-order valence-corrected chi connectivity index (χ2v) is 6.88. The number of furan rings is 2. The highest BCUT2D eigenvalue weighted by Crippen LogP contribution is 2.37. The summed E-state index contributed by atoms with van der Waals surface area (Å²) in [6, 6.07) is 15.5. The number of fused-ring (bicyclic) bond motifs is 1. The molecule has 4 aromatic rings. The van der Waals surface area contributed by atoms with Crippen LogP contribution in [0.4, 0.5) is 0 Å². The zero-order valence-electron chi connectivity index (χ0n) is 15.1. The molecule has 28 heavy (non-hydrogen) atoms. The highest BCUT2D eigenvalue weighted by molar-refractivity contribution is 5.66. The predicted molar refractivity (Wildman–Crippen MR) is 102 cm³/mol. The molecule has 0 amide bonds. The number of rotatable bonds is 4. The van der Waals surface area contributed by atoms with E-state index in [-0.39, 0.29) is 6.04 Å². The Labute approximate surface area is 162 Å². The number of benzene rings is 1. The third-order valence-electron chi connectivity index (χ3n) is 5.20. The molecular weight excluding hydrogens is 352 g/mol. The highest BCUT2D eigenvalue weighted by atomic mass is 16.3. The number of nitrogens with zero attached hydrogens (tertiary/aromatic N) is 3. The van der Waals surface area contributed by atoms with Crippen molar-refractivity contribution in [2.45, 2.75) is 19.0 Å². The standard InChI is InChI=1S/C22H18N4O2/c23-11-16-3-1-2-4-17(16)19-5-6-20(28-19)22-21-18(24-14-25-21)7-9-26(22)12-15-8-10-27-13-15/h1-6,8,10,13-14,22H,7,9,12H2,(H,24,25)/t22-/m1/s1. The molecule has 1 aliphatic heterocycles. The summed E-state index contributed by atoms with van der Waals surface area (Å²) in [4.78, 5) is 10.2. The molecule has 0 bridgehead atoms. The smallest absolute Gasteiger partial charge is 0.135 e. The van der Waals surface area contributed by atoms with Crippen LogP contribution in [0, 0.1) is 11.3 Å². The van der Waals surface area contributed by atoms with Gasteiger partial charge < -0.3 is 13.8 Å². The summed E-state index contributed by atoms with van der Waals surface area (Å²) >= 11 is 0. The molecular formula is C22H18N4O2. The van der Waals surface area contributed by atoms with Crippen LogP contribution in [0.25, 0.3) is 11.3 Å². The molecule has 1 aromatic carbocycles. The molecule has 0 unspecified atom stereocenters. The summed E-state index contributed by atoms with van der Waals surface area (Å²) in [7, 11) is 0. The molecule has 5 rings (SSSR count). The van der Waals surface area contributed by atoms with E-state index >= 15 is 0 Å². The Morgan fingerprint density at radius 2 is 2.14 bits per heavy atom. The lowest BCUT2D eigenvalue weighted by molar-refractivity contribution is 0.179. The van der Waals surface area contributed by atoms with Crippen molar-refractivity contribution in [1.82, 2.24) is 14.9 Å². The third kappa shape index (κ3) is 2.82. The molecule has 3 aromatic heterocycles. The lowest BCUT2D eigenvalue weighted by Gasteiger charge is -2.33. The van der Waals surface area contributed by atoms with Crippen LogP contribution < -0.4 is 0 Å². The maximum absolute atomic E-state index is 9.40. The van der Waals surface area contributed by atoms with Crippen LogP contribution in [0.5, 0.6) is 0 Å². The molecule has 0 fully saturated rings. The zero-order chi connectivity index (χ0) is 18.9. The Bertz CT molecular complexity index is 1130. The number of nitrogens with one attached hydrogen (secondary N) is 1.